The van der Waals surface area contributed by atoms with E-state index in [4.69, 9.17) is 0 Å². The number of hydrogen-bond acceptors (Lipinski definition) is 4. The van der Waals surface area contributed by atoms with Gasteiger partial charge in [-0.05, 0) is 86.2 Å². The van der Waals surface area contributed by atoms with Crippen LogP contribution in [0.1, 0.15) is 53.1 Å². The van der Waals surface area contributed by atoms with Crippen LogP contribution < -0.4 is 9.62 Å². The van der Waals surface area contributed by atoms with Gasteiger partial charge in [-0.15, -0.1) is 0 Å². The number of sulfonamides is 1. The van der Waals surface area contributed by atoms with Gasteiger partial charge in [0.25, 0.3) is 10.0 Å². The lowest BCUT2D eigenvalue weighted by Crippen LogP contribution is -2.53. The maximum Gasteiger partial charge on any atom is 0.264 e. The number of carbonyl (C=O) groups excluding carboxylic acids is 2. The van der Waals surface area contributed by atoms with Crippen molar-refractivity contribution in [3.8, 4) is 0 Å². The van der Waals surface area contributed by atoms with Crippen LogP contribution in [0.3, 0.4) is 0 Å². The fourth-order valence-corrected chi connectivity index (χ4v) is 6.68. The predicted molar refractivity (Wildman–Crippen MR) is 185 cm³/mol. The molecular formula is C38H45N3O4S. The number of hydrogen-bond donors (Lipinski definition) is 1. The van der Waals surface area contributed by atoms with Crippen molar-refractivity contribution in [1.82, 2.24) is 10.2 Å². The molecule has 46 heavy (non-hydrogen) atoms. The predicted octanol–water partition coefficient (Wildman–Crippen LogP) is 6.67. The van der Waals surface area contributed by atoms with Crippen LogP contribution in [0.5, 0.6) is 0 Å². The van der Waals surface area contributed by atoms with Gasteiger partial charge in [-0.25, -0.2) is 8.42 Å². The summed E-state index contributed by atoms with van der Waals surface area (Å²) in [6.45, 7) is 9.95. The zero-order valence-corrected chi connectivity index (χ0v) is 28.3. The van der Waals surface area contributed by atoms with E-state index in [1.165, 1.54) is 4.31 Å². The molecule has 0 heterocycles. The van der Waals surface area contributed by atoms with Crippen LogP contribution in [0.15, 0.2) is 102 Å². The summed E-state index contributed by atoms with van der Waals surface area (Å²) in [5.74, 6) is -0.734. The number of nitrogens with zero attached hydrogens (tertiary/aromatic N) is 2. The molecule has 1 atom stereocenters. The van der Waals surface area contributed by atoms with E-state index in [0.717, 1.165) is 46.2 Å². The van der Waals surface area contributed by atoms with Gasteiger partial charge in [-0.3, -0.25) is 13.9 Å². The lowest BCUT2D eigenvalue weighted by atomic mass is 10.0. The molecule has 0 spiro atoms. The highest BCUT2D eigenvalue weighted by Crippen LogP contribution is 2.27. The smallest absolute Gasteiger partial charge is 0.264 e. The van der Waals surface area contributed by atoms with Crippen molar-refractivity contribution < 1.29 is 18.0 Å². The van der Waals surface area contributed by atoms with E-state index >= 15 is 0 Å². The molecule has 0 aliphatic heterocycles. The maximum absolute atomic E-state index is 14.6. The topological polar surface area (TPSA) is 86.8 Å². The van der Waals surface area contributed by atoms with E-state index in [1.54, 1.807) is 41.3 Å². The second-order valence-electron chi connectivity index (χ2n) is 11.9. The van der Waals surface area contributed by atoms with Crippen molar-refractivity contribution in [3.05, 3.63) is 130 Å². The Balaban J connectivity index is 1.81. The molecule has 1 unspecified atom stereocenters. The summed E-state index contributed by atoms with van der Waals surface area (Å²) in [6.07, 6.45) is 2.01. The van der Waals surface area contributed by atoms with Crippen LogP contribution in [0.4, 0.5) is 5.69 Å². The van der Waals surface area contributed by atoms with Crippen LogP contribution in [0.25, 0.3) is 0 Å². The van der Waals surface area contributed by atoms with Crippen molar-refractivity contribution in [2.45, 2.75) is 71.4 Å². The Bertz CT molecular complexity index is 1740. The van der Waals surface area contributed by atoms with Crippen LogP contribution in [-0.2, 0) is 32.6 Å². The Morgan fingerprint density at radius 1 is 0.783 bits per heavy atom. The highest BCUT2D eigenvalue weighted by molar-refractivity contribution is 7.92. The summed E-state index contributed by atoms with van der Waals surface area (Å²) >= 11 is 0. The molecule has 0 aliphatic rings. The first-order valence-corrected chi connectivity index (χ1v) is 17.3. The van der Waals surface area contributed by atoms with Gasteiger partial charge in [-0.2, -0.15) is 0 Å². The van der Waals surface area contributed by atoms with Gasteiger partial charge < -0.3 is 10.2 Å². The van der Waals surface area contributed by atoms with Crippen LogP contribution in [0, 0.1) is 27.7 Å². The molecule has 0 saturated carbocycles. The Hall–Kier alpha value is -4.43. The van der Waals surface area contributed by atoms with Gasteiger partial charge in [0, 0.05) is 19.5 Å². The Morgan fingerprint density at radius 2 is 1.46 bits per heavy atom. The van der Waals surface area contributed by atoms with E-state index < -0.39 is 28.5 Å². The maximum atomic E-state index is 14.6. The SMILES string of the molecule is CCCCNC(=O)C(Cc1ccccc1)N(Cc1ccccc1C)C(=O)CN(c1ccc(C)c(C)c1)S(=O)(=O)c1ccc(C)cc1. The Kier molecular flexibility index (Phi) is 11.8. The number of anilines is 1. The molecule has 0 radical (unpaired) electrons. The standard InChI is InChI=1S/C38H45N3O4S/c1-6-7-23-39-38(43)36(25-32-14-9-8-10-15-32)40(26-33-16-12-11-13-30(33)4)37(42)27-41(34-20-19-29(3)31(5)24-34)46(44,45)35-21-17-28(2)18-22-35/h8-22,24,36H,6-7,23,25-27H2,1-5H3,(H,39,43). The normalized spacial score (nSPS) is 11.9. The molecule has 0 saturated heterocycles. The van der Waals surface area contributed by atoms with E-state index in [2.05, 4.69) is 12.2 Å². The van der Waals surface area contributed by atoms with Crippen LogP contribution in [-0.4, -0.2) is 44.3 Å². The minimum Gasteiger partial charge on any atom is -0.354 e. The fourth-order valence-electron chi connectivity index (χ4n) is 5.28. The lowest BCUT2D eigenvalue weighted by molar-refractivity contribution is -0.140. The van der Waals surface area contributed by atoms with E-state index in [9.17, 15) is 18.0 Å². The third-order valence-electron chi connectivity index (χ3n) is 8.37. The van der Waals surface area contributed by atoms with E-state index in [-0.39, 0.29) is 23.8 Å². The first-order chi connectivity index (χ1) is 22.0. The summed E-state index contributed by atoms with van der Waals surface area (Å²) in [5.41, 5.74) is 5.99. The quantitative estimate of drug-likeness (QED) is 0.156. The van der Waals surface area contributed by atoms with Crippen LogP contribution >= 0.6 is 0 Å². The number of nitrogens with one attached hydrogen (secondary N) is 1. The summed E-state index contributed by atoms with van der Waals surface area (Å²) in [7, 11) is -4.15. The molecule has 4 aromatic rings. The van der Waals surface area contributed by atoms with Crippen LogP contribution in [0.2, 0.25) is 0 Å². The number of carbonyl (C=O) groups is 2. The molecule has 0 aliphatic carbocycles. The average molecular weight is 640 g/mol. The van der Waals surface area contributed by atoms with E-state index in [1.807, 2.05) is 88.4 Å². The third kappa shape index (κ3) is 8.63. The van der Waals surface area contributed by atoms with Crippen molar-refractivity contribution in [1.29, 1.82) is 0 Å². The molecule has 0 bridgehead atoms. The van der Waals surface area contributed by atoms with Gasteiger partial charge in [-0.1, -0.05) is 91.7 Å². The minimum atomic E-state index is -4.15. The summed E-state index contributed by atoms with van der Waals surface area (Å²) < 4.78 is 29.7. The summed E-state index contributed by atoms with van der Waals surface area (Å²) in [6, 6.07) is 28.5. The highest BCUT2D eigenvalue weighted by Gasteiger charge is 2.34. The molecule has 4 aromatic carbocycles. The van der Waals surface area contributed by atoms with Crippen molar-refractivity contribution in [2.24, 2.45) is 0 Å². The largest absolute Gasteiger partial charge is 0.354 e. The Labute approximate surface area is 274 Å². The minimum absolute atomic E-state index is 0.0905. The van der Waals surface area contributed by atoms with Crippen molar-refractivity contribution >= 4 is 27.5 Å². The monoisotopic (exact) mass is 639 g/mol. The summed E-state index contributed by atoms with van der Waals surface area (Å²) in [4.78, 5) is 30.2. The fraction of sp³-hybridized carbons (Fsp3) is 0.316. The number of aryl methyl sites for hydroxylation is 4. The molecular weight excluding hydrogens is 595 g/mol. The van der Waals surface area contributed by atoms with Crippen molar-refractivity contribution in [2.75, 3.05) is 17.4 Å². The second kappa shape index (κ2) is 15.7. The number of benzene rings is 4. The zero-order chi connectivity index (χ0) is 33.3. The van der Waals surface area contributed by atoms with Gasteiger partial charge >= 0.3 is 0 Å². The van der Waals surface area contributed by atoms with E-state index in [0.29, 0.717) is 12.2 Å². The zero-order valence-electron chi connectivity index (χ0n) is 27.5. The molecule has 242 valence electrons. The second-order valence-corrected chi connectivity index (χ2v) is 13.8. The molecule has 7 nitrogen and oxygen atoms in total. The molecule has 0 aromatic heterocycles. The lowest BCUT2D eigenvalue weighted by Gasteiger charge is -2.34. The highest BCUT2D eigenvalue weighted by atomic mass is 32.2. The third-order valence-corrected chi connectivity index (χ3v) is 10.2. The summed E-state index contributed by atoms with van der Waals surface area (Å²) in [5, 5.41) is 3.04. The first kappa shape index (κ1) is 34.4. The molecule has 2 amide bonds. The molecule has 0 fully saturated rings. The van der Waals surface area contributed by atoms with Gasteiger partial charge in [0.2, 0.25) is 11.8 Å². The molecule has 1 N–H and O–H groups in total. The molecule has 8 heteroatoms. The number of amides is 2. The molecule has 4 rings (SSSR count). The van der Waals surface area contributed by atoms with Crippen molar-refractivity contribution in [3.63, 3.8) is 0 Å². The Morgan fingerprint density at radius 3 is 2.11 bits per heavy atom. The van der Waals surface area contributed by atoms with Gasteiger partial charge in [0.1, 0.15) is 12.6 Å². The number of unbranched alkanes of at least 4 members (excludes halogenated alkanes) is 1. The van der Waals surface area contributed by atoms with Gasteiger partial charge in [0.05, 0.1) is 10.6 Å². The van der Waals surface area contributed by atoms with Gasteiger partial charge in [0.15, 0.2) is 0 Å². The number of rotatable bonds is 14. The average Bonchev–Trinajstić information content (AvgIpc) is 3.04. The first-order valence-electron chi connectivity index (χ1n) is 15.8.